The van der Waals surface area contributed by atoms with Gasteiger partial charge < -0.3 is 10.3 Å². The van der Waals surface area contributed by atoms with E-state index in [4.69, 9.17) is 10.3 Å². The molecular weight excluding hydrogens is 308 g/mol. The molecule has 0 aliphatic rings. The normalized spacial score (nSPS) is 10.6. The van der Waals surface area contributed by atoms with Gasteiger partial charge >= 0.3 is 0 Å². The summed E-state index contributed by atoms with van der Waals surface area (Å²) in [4.78, 5) is 8.35. The van der Waals surface area contributed by atoms with Crippen molar-refractivity contribution in [2.24, 2.45) is 0 Å². The van der Waals surface area contributed by atoms with E-state index in [2.05, 4.69) is 31.1 Å². The molecule has 19 heavy (non-hydrogen) atoms. The fraction of sp³-hybridized carbons (Fsp3) is 0. The number of hydrogen-bond acceptors (Lipinski definition) is 5. The number of halogens is 1. The summed E-state index contributed by atoms with van der Waals surface area (Å²) in [6.07, 6.45) is 3.20. The molecule has 94 valence electrons. The van der Waals surface area contributed by atoms with Crippen LogP contribution in [0.15, 0.2) is 51.7 Å². The van der Waals surface area contributed by atoms with Gasteiger partial charge in [0.05, 0.1) is 11.3 Å². The molecule has 2 aromatic heterocycles. The van der Waals surface area contributed by atoms with Gasteiger partial charge in [-0.2, -0.15) is 4.98 Å². The van der Waals surface area contributed by atoms with E-state index in [1.54, 1.807) is 18.5 Å². The van der Waals surface area contributed by atoms with Gasteiger partial charge in [0.15, 0.2) is 0 Å². The molecule has 0 bridgehead atoms. The summed E-state index contributed by atoms with van der Waals surface area (Å²) >= 11 is 3.46. The SMILES string of the molecule is Nc1cncc(-c2nc(-c3ccccc3Br)no2)c1. The van der Waals surface area contributed by atoms with Gasteiger partial charge in [-0.05, 0) is 18.2 Å². The van der Waals surface area contributed by atoms with Crippen molar-refractivity contribution < 1.29 is 4.52 Å². The minimum Gasteiger partial charge on any atom is -0.397 e. The second-order valence-corrected chi connectivity index (χ2v) is 4.76. The van der Waals surface area contributed by atoms with Crippen LogP contribution in [0.4, 0.5) is 5.69 Å². The third-order valence-corrected chi connectivity index (χ3v) is 3.24. The Labute approximate surface area is 117 Å². The van der Waals surface area contributed by atoms with Crippen LogP contribution in [-0.2, 0) is 0 Å². The minimum absolute atomic E-state index is 0.394. The average Bonchev–Trinajstić information content (AvgIpc) is 2.89. The van der Waals surface area contributed by atoms with E-state index in [1.165, 1.54) is 0 Å². The number of pyridine rings is 1. The first kappa shape index (κ1) is 11.9. The van der Waals surface area contributed by atoms with E-state index in [0.29, 0.717) is 23.0 Å². The van der Waals surface area contributed by atoms with Crippen molar-refractivity contribution in [3.05, 3.63) is 47.2 Å². The molecule has 0 saturated heterocycles. The van der Waals surface area contributed by atoms with Crippen LogP contribution in [0.5, 0.6) is 0 Å². The zero-order valence-corrected chi connectivity index (χ0v) is 11.3. The highest BCUT2D eigenvalue weighted by Crippen LogP contribution is 2.27. The van der Waals surface area contributed by atoms with Crippen molar-refractivity contribution >= 4 is 21.6 Å². The smallest absolute Gasteiger partial charge is 0.259 e. The second kappa shape index (κ2) is 4.81. The third kappa shape index (κ3) is 2.34. The zero-order valence-electron chi connectivity index (χ0n) is 9.75. The number of rotatable bonds is 2. The Balaban J connectivity index is 2.03. The summed E-state index contributed by atoms with van der Waals surface area (Å²) < 4.78 is 6.15. The number of hydrogen-bond donors (Lipinski definition) is 1. The fourth-order valence-electron chi connectivity index (χ4n) is 1.67. The predicted molar refractivity (Wildman–Crippen MR) is 75.1 cm³/mol. The van der Waals surface area contributed by atoms with Crippen molar-refractivity contribution in [1.82, 2.24) is 15.1 Å². The lowest BCUT2D eigenvalue weighted by Gasteiger charge is -1.96. The van der Waals surface area contributed by atoms with Crippen LogP contribution >= 0.6 is 15.9 Å². The Hall–Kier alpha value is -2.21. The molecular formula is C13H9BrN4O. The third-order valence-electron chi connectivity index (χ3n) is 2.55. The molecule has 0 saturated carbocycles. The van der Waals surface area contributed by atoms with Gasteiger partial charge in [0.2, 0.25) is 5.82 Å². The number of nitrogen functional groups attached to an aromatic ring is 1. The van der Waals surface area contributed by atoms with Crippen molar-refractivity contribution in [2.75, 3.05) is 5.73 Å². The van der Waals surface area contributed by atoms with Gasteiger partial charge in [-0.3, -0.25) is 4.98 Å². The van der Waals surface area contributed by atoms with Crippen LogP contribution < -0.4 is 5.73 Å². The molecule has 1 aromatic carbocycles. The van der Waals surface area contributed by atoms with E-state index >= 15 is 0 Å². The Morgan fingerprint density at radius 1 is 1.16 bits per heavy atom. The lowest BCUT2D eigenvalue weighted by Crippen LogP contribution is -1.88. The molecule has 5 nitrogen and oxygen atoms in total. The maximum atomic E-state index is 5.68. The summed E-state index contributed by atoms with van der Waals surface area (Å²) in [7, 11) is 0. The maximum absolute atomic E-state index is 5.68. The summed E-state index contributed by atoms with van der Waals surface area (Å²) in [6.45, 7) is 0. The highest BCUT2D eigenvalue weighted by molar-refractivity contribution is 9.10. The predicted octanol–water partition coefficient (Wildman–Crippen LogP) is 3.14. The number of aromatic nitrogens is 3. The Morgan fingerprint density at radius 2 is 2.00 bits per heavy atom. The summed E-state index contributed by atoms with van der Waals surface area (Å²) in [5.74, 6) is 0.912. The van der Waals surface area contributed by atoms with Crippen LogP contribution in [0.3, 0.4) is 0 Å². The van der Waals surface area contributed by atoms with Crippen molar-refractivity contribution in [2.45, 2.75) is 0 Å². The Bertz CT molecular complexity index is 726. The van der Waals surface area contributed by atoms with E-state index in [-0.39, 0.29) is 0 Å². The zero-order chi connectivity index (χ0) is 13.2. The quantitative estimate of drug-likeness (QED) is 0.785. The van der Waals surface area contributed by atoms with Gasteiger partial charge in [-0.25, -0.2) is 0 Å². The van der Waals surface area contributed by atoms with Gasteiger partial charge in [0.1, 0.15) is 0 Å². The molecule has 2 heterocycles. The van der Waals surface area contributed by atoms with Crippen LogP contribution in [0, 0.1) is 0 Å². The summed E-state index contributed by atoms with van der Waals surface area (Å²) in [6, 6.07) is 9.42. The van der Waals surface area contributed by atoms with Gasteiger partial charge in [-0.15, -0.1) is 0 Å². The summed E-state index contributed by atoms with van der Waals surface area (Å²) in [5.41, 5.74) is 7.80. The maximum Gasteiger partial charge on any atom is 0.259 e. The average molecular weight is 317 g/mol. The molecule has 0 amide bonds. The van der Waals surface area contributed by atoms with Crippen LogP contribution in [0.25, 0.3) is 22.8 Å². The van der Waals surface area contributed by atoms with Crippen LogP contribution in [0.2, 0.25) is 0 Å². The second-order valence-electron chi connectivity index (χ2n) is 3.91. The van der Waals surface area contributed by atoms with E-state index in [9.17, 15) is 0 Å². The number of benzene rings is 1. The first-order chi connectivity index (χ1) is 9.24. The lowest BCUT2D eigenvalue weighted by molar-refractivity contribution is 0.432. The van der Waals surface area contributed by atoms with Crippen molar-refractivity contribution in [3.63, 3.8) is 0 Å². The van der Waals surface area contributed by atoms with Crippen molar-refractivity contribution in [3.8, 4) is 22.8 Å². The number of nitrogens with zero attached hydrogens (tertiary/aromatic N) is 3. The highest BCUT2D eigenvalue weighted by atomic mass is 79.9. The lowest BCUT2D eigenvalue weighted by atomic mass is 10.2. The monoisotopic (exact) mass is 316 g/mol. The van der Waals surface area contributed by atoms with Gasteiger partial charge in [-0.1, -0.05) is 33.2 Å². The molecule has 0 spiro atoms. The molecule has 3 rings (SSSR count). The van der Waals surface area contributed by atoms with Crippen LogP contribution in [-0.4, -0.2) is 15.1 Å². The van der Waals surface area contributed by atoms with E-state index < -0.39 is 0 Å². The molecule has 3 aromatic rings. The molecule has 0 aliphatic carbocycles. The molecule has 0 fully saturated rings. The minimum atomic E-state index is 0.394. The molecule has 0 atom stereocenters. The van der Waals surface area contributed by atoms with Gasteiger partial charge in [0, 0.05) is 22.4 Å². The standard InChI is InChI=1S/C13H9BrN4O/c14-11-4-2-1-3-10(11)12-17-13(19-18-12)8-5-9(15)7-16-6-8/h1-7H,15H2. The number of nitrogens with two attached hydrogens (primary N) is 1. The topological polar surface area (TPSA) is 77.8 Å². The Morgan fingerprint density at radius 3 is 2.79 bits per heavy atom. The molecule has 0 radical (unpaired) electrons. The first-order valence-corrected chi connectivity index (χ1v) is 6.33. The molecule has 0 unspecified atom stereocenters. The van der Waals surface area contributed by atoms with Crippen LogP contribution in [0.1, 0.15) is 0 Å². The first-order valence-electron chi connectivity index (χ1n) is 5.53. The van der Waals surface area contributed by atoms with Crippen molar-refractivity contribution in [1.29, 1.82) is 0 Å². The molecule has 2 N–H and O–H groups in total. The molecule has 6 heteroatoms. The summed E-state index contributed by atoms with van der Waals surface area (Å²) in [5, 5.41) is 3.97. The largest absolute Gasteiger partial charge is 0.397 e. The fourth-order valence-corrected chi connectivity index (χ4v) is 2.13. The van der Waals surface area contributed by atoms with E-state index in [0.717, 1.165) is 10.0 Å². The highest BCUT2D eigenvalue weighted by Gasteiger charge is 2.12. The number of anilines is 1. The molecule has 0 aliphatic heterocycles. The van der Waals surface area contributed by atoms with Gasteiger partial charge in [0.25, 0.3) is 5.89 Å². The Kier molecular flexibility index (Phi) is 3.00. The van der Waals surface area contributed by atoms with E-state index in [1.807, 2.05) is 24.3 Å².